The van der Waals surface area contributed by atoms with Gasteiger partial charge in [0.15, 0.2) is 11.6 Å². The summed E-state index contributed by atoms with van der Waals surface area (Å²) in [4.78, 5) is 44.8. The number of rotatable bonds is 6. The van der Waals surface area contributed by atoms with Gasteiger partial charge in [0.25, 0.3) is 0 Å². The molecule has 0 spiro atoms. The fraction of sp³-hybridized carbons (Fsp3) is 0. The summed E-state index contributed by atoms with van der Waals surface area (Å²) in [6.45, 7) is 0. The Morgan fingerprint density at radius 3 is 1.11 bits per heavy atom. The summed E-state index contributed by atoms with van der Waals surface area (Å²) in [6, 6.07) is 35.7. The van der Waals surface area contributed by atoms with Crippen LogP contribution in [0.4, 0.5) is 0 Å². The monoisotopic (exact) mass is 455 g/mol. The third-order valence-corrected chi connectivity index (χ3v) is 5.86. The second-order valence-corrected chi connectivity index (χ2v) is 8.08. The number of hydrogen-bond acceptors (Lipinski definition) is 3. The van der Waals surface area contributed by atoms with E-state index < -0.39 is 17.0 Å². The van der Waals surface area contributed by atoms with Crippen molar-refractivity contribution in [1.29, 1.82) is 0 Å². The smallest absolute Gasteiger partial charge is 0.205 e. The van der Waals surface area contributed by atoms with Crippen LogP contribution in [0.25, 0.3) is 22.5 Å². The van der Waals surface area contributed by atoms with Crippen molar-refractivity contribution < 1.29 is 9.59 Å². The third kappa shape index (κ3) is 4.25. The molecule has 4 heteroatoms. The molecule has 0 saturated heterocycles. The van der Waals surface area contributed by atoms with Crippen molar-refractivity contribution >= 4 is 11.6 Å². The van der Waals surface area contributed by atoms with Gasteiger partial charge in [-0.25, -0.2) is 0 Å². The van der Waals surface area contributed by atoms with Gasteiger partial charge in [-0.05, 0) is 11.1 Å². The fourth-order valence-electron chi connectivity index (χ4n) is 4.15. The molecule has 0 fully saturated rings. The van der Waals surface area contributed by atoms with Gasteiger partial charge in [-0.2, -0.15) is 0 Å². The zero-order valence-corrected chi connectivity index (χ0v) is 18.8. The number of carbonyl (C=O) groups excluding carboxylic acids is 2. The van der Waals surface area contributed by atoms with E-state index in [0.717, 1.165) is 0 Å². The highest BCUT2D eigenvalue weighted by Gasteiger charge is 2.28. The van der Waals surface area contributed by atoms with Gasteiger partial charge in [-0.1, -0.05) is 121 Å². The lowest BCUT2D eigenvalue weighted by molar-refractivity contribution is 0.103. The van der Waals surface area contributed by atoms with Crippen LogP contribution in [0.3, 0.4) is 0 Å². The van der Waals surface area contributed by atoms with Crippen molar-refractivity contribution in [2.45, 2.75) is 0 Å². The van der Waals surface area contributed by atoms with E-state index in [4.69, 9.17) is 0 Å². The molecule has 0 bridgehead atoms. The molecule has 1 N–H and O–H groups in total. The van der Waals surface area contributed by atoms with Gasteiger partial charge < -0.3 is 4.98 Å². The predicted octanol–water partition coefficient (Wildman–Crippen LogP) is 6.17. The third-order valence-electron chi connectivity index (χ3n) is 5.86. The molecule has 1 heterocycles. The number of ketones is 2. The highest BCUT2D eigenvalue weighted by molar-refractivity contribution is 6.17. The van der Waals surface area contributed by atoms with E-state index in [1.54, 1.807) is 48.5 Å². The highest BCUT2D eigenvalue weighted by Crippen LogP contribution is 2.29. The van der Waals surface area contributed by atoms with Crippen LogP contribution in [-0.2, 0) is 0 Å². The van der Waals surface area contributed by atoms with Crippen molar-refractivity contribution in [3.8, 4) is 22.5 Å². The largest absolute Gasteiger partial charge is 0.353 e. The molecule has 0 amide bonds. The molecule has 35 heavy (non-hydrogen) atoms. The molecule has 1 aromatic heterocycles. The number of aromatic amines is 1. The molecule has 0 saturated carbocycles. The highest BCUT2D eigenvalue weighted by atomic mass is 16.1. The minimum atomic E-state index is -0.593. The van der Waals surface area contributed by atoms with Gasteiger partial charge in [0.1, 0.15) is 0 Å². The van der Waals surface area contributed by atoms with E-state index in [2.05, 4.69) is 4.98 Å². The van der Waals surface area contributed by atoms with Gasteiger partial charge in [0.2, 0.25) is 5.43 Å². The molecule has 4 nitrogen and oxygen atoms in total. The summed E-state index contributed by atoms with van der Waals surface area (Å²) in [5.41, 5.74) is 2.17. The van der Waals surface area contributed by atoms with Crippen molar-refractivity contribution in [2.24, 2.45) is 0 Å². The lowest BCUT2D eigenvalue weighted by Crippen LogP contribution is -2.27. The Morgan fingerprint density at radius 1 is 0.457 bits per heavy atom. The van der Waals surface area contributed by atoms with Crippen LogP contribution in [0.15, 0.2) is 126 Å². The molecule has 0 radical (unpaired) electrons. The van der Waals surface area contributed by atoms with E-state index >= 15 is 0 Å². The molecular formula is C31H21NO3. The summed E-state index contributed by atoms with van der Waals surface area (Å²) >= 11 is 0. The topological polar surface area (TPSA) is 67.0 Å². The fourth-order valence-corrected chi connectivity index (χ4v) is 4.15. The first-order valence-electron chi connectivity index (χ1n) is 11.3. The molecule has 0 aliphatic heterocycles. The lowest BCUT2D eigenvalue weighted by Gasteiger charge is -2.16. The molecule has 5 rings (SSSR count). The average Bonchev–Trinajstić information content (AvgIpc) is 2.93. The maximum Gasteiger partial charge on any atom is 0.205 e. The summed E-state index contributed by atoms with van der Waals surface area (Å²) in [5.74, 6) is -0.875. The number of H-pyrrole nitrogens is 1. The van der Waals surface area contributed by atoms with E-state index in [1.807, 2.05) is 72.8 Å². The Kier molecular flexibility index (Phi) is 6.01. The normalized spacial score (nSPS) is 10.6. The van der Waals surface area contributed by atoms with E-state index in [0.29, 0.717) is 33.6 Å². The second-order valence-electron chi connectivity index (χ2n) is 8.08. The first-order chi connectivity index (χ1) is 17.1. The average molecular weight is 456 g/mol. The molecule has 0 aliphatic rings. The number of aromatic nitrogens is 1. The minimum Gasteiger partial charge on any atom is -0.353 e. The first kappa shape index (κ1) is 22.0. The standard InChI is InChI=1S/C31H21NO3/c33-29(23-17-9-3-10-18-23)25-27(21-13-5-1-6-14-21)32-28(22-15-7-2-8-16-22)26(31(25)35)30(34)24-19-11-4-12-20-24/h1-20H,(H,32,35). The Morgan fingerprint density at radius 2 is 0.771 bits per heavy atom. The number of hydrogen-bond donors (Lipinski definition) is 1. The van der Waals surface area contributed by atoms with Gasteiger partial charge in [-0.3, -0.25) is 14.4 Å². The summed E-state index contributed by atoms with van der Waals surface area (Å²) in [7, 11) is 0. The van der Waals surface area contributed by atoms with Gasteiger partial charge in [0, 0.05) is 11.1 Å². The van der Waals surface area contributed by atoms with Gasteiger partial charge in [0.05, 0.1) is 22.5 Å². The zero-order valence-electron chi connectivity index (χ0n) is 18.8. The summed E-state index contributed by atoms with van der Waals surface area (Å²) in [6.07, 6.45) is 0. The number of nitrogens with one attached hydrogen (secondary N) is 1. The number of pyridine rings is 1. The molecule has 0 unspecified atom stereocenters. The predicted molar refractivity (Wildman–Crippen MR) is 138 cm³/mol. The first-order valence-corrected chi connectivity index (χ1v) is 11.3. The molecule has 0 aliphatic carbocycles. The lowest BCUT2D eigenvalue weighted by atomic mass is 9.90. The van der Waals surface area contributed by atoms with Crippen LogP contribution in [0.2, 0.25) is 0 Å². The second kappa shape index (κ2) is 9.57. The van der Waals surface area contributed by atoms with Gasteiger partial charge >= 0.3 is 0 Å². The Labute approximate surface area is 202 Å². The Balaban J connectivity index is 1.87. The van der Waals surface area contributed by atoms with E-state index in [1.165, 1.54) is 0 Å². The van der Waals surface area contributed by atoms with E-state index in [9.17, 15) is 14.4 Å². The molecule has 4 aromatic carbocycles. The number of carbonyl (C=O) groups is 2. The van der Waals surface area contributed by atoms with Crippen molar-refractivity contribution in [2.75, 3.05) is 0 Å². The van der Waals surface area contributed by atoms with Crippen LogP contribution < -0.4 is 5.43 Å². The van der Waals surface area contributed by atoms with Crippen LogP contribution >= 0.6 is 0 Å². The maximum absolute atomic E-state index is 14.1. The molecular weight excluding hydrogens is 434 g/mol. The van der Waals surface area contributed by atoms with Crippen LogP contribution in [0.1, 0.15) is 31.8 Å². The SMILES string of the molecule is O=C(c1ccccc1)c1c(-c2ccccc2)[nH]c(-c2ccccc2)c(C(=O)c2ccccc2)c1=O. The summed E-state index contributed by atoms with van der Waals surface area (Å²) < 4.78 is 0. The quantitative estimate of drug-likeness (QED) is 0.311. The van der Waals surface area contributed by atoms with Crippen LogP contribution in [0, 0.1) is 0 Å². The maximum atomic E-state index is 14.1. The summed E-state index contributed by atoms with van der Waals surface area (Å²) in [5, 5.41) is 0. The zero-order chi connectivity index (χ0) is 24.2. The minimum absolute atomic E-state index is 0.0543. The van der Waals surface area contributed by atoms with Crippen LogP contribution in [0.5, 0.6) is 0 Å². The van der Waals surface area contributed by atoms with Crippen molar-refractivity contribution in [3.05, 3.63) is 154 Å². The van der Waals surface area contributed by atoms with E-state index in [-0.39, 0.29) is 11.1 Å². The Hall–Kier alpha value is -4.83. The number of benzene rings is 4. The van der Waals surface area contributed by atoms with Crippen LogP contribution in [-0.4, -0.2) is 16.6 Å². The molecule has 168 valence electrons. The molecule has 5 aromatic rings. The Bertz CT molecular complexity index is 1440. The van der Waals surface area contributed by atoms with Gasteiger partial charge in [-0.15, -0.1) is 0 Å². The van der Waals surface area contributed by atoms with Crippen molar-refractivity contribution in [1.82, 2.24) is 4.98 Å². The van der Waals surface area contributed by atoms with Crippen molar-refractivity contribution in [3.63, 3.8) is 0 Å². The molecule has 0 atom stereocenters.